The molecule has 0 bridgehead atoms. The van der Waals surface area contributed by atoms with Gasteiger partial charge in [-0.25, -0.2) is 0 Å². The lowest BCUT2D eigenvalue weighted by molar-refractivity contribution is 0.573. The van der Waals surface area contributed by atoms with Crippen molar-refractivity contribution in [2.45, 2.75) is 25.3 Å². The van der Waals surface area contributed by atoms with Gasteiger partial charge in [-0.3, -0.25) is 4.68 Å². The summed E-state index contributed by atoms with van der Waals surface area (Å²) in [6, 6.07) is 9.04. The van der Waals surface area contributed by atoms with Gasteiger partial charge < -0.3 is 5.32 Å². The van der Waals surface area contributed by atoms with E-state index in [4.69, 9.17) is 0 Å². The van der Waals surface area contributed by atoms with Crippen molar-refractivity contribution in [3.63, 3.8) is 0 Å². The Balaban J connectivity index is 1.98. The van der Waals surface area contributed by atoms with Gasteiger partial charge in [0, 0.05) is 30.6 Å². The Hall–Kier alpha value is -1.35. The van der Waals surface area contributed by atoms with E-state index in [1.54, 1.807) is 0 Å². The summed E-state index contributed by atoms with van der Waals surface area (Å²) in [6.45, 7) is 1.17. The van der Waals surface area contributed by atoms with E-state index in [2.05, 4.69) is 28.6 Å². The van der Waals surface area contributed by atoms with Crippen molar-refractivity contribution in [3.05, 3.63) is 30.0 Å². The second-order valence-electron chi connectivity index (χ2n) is 4.58. The third-order valence-electron chi connectivity index (χ3n) is 3.47. The van der Waals surface area contributed by atoms with Gasteiger partial charge in [-0.15, -0.1) is 0 Å². The maximum absolute atomic E-state index is 4.54. The van der Waals surface area contributed by atoms with Crippen LogP contribution < -0.4 is 5.32 Å². The van der Waals surface area contributed by atoms with Crippen LogP contribution in [0.5, 0.6) is 0 Å². The van der Waals surface area contributed by atoms with Crippen molar-refractivity contribution in [2.75, 3.05) is 6.54 Å². The monoisotopic (exact) mass is 215 g/mol. The average molecular weight is 215 g/mol. The third-order valence-corrected chi connectivity index (χ3v) is 3.47. The molecule has 0 radical (unpaired) electrons. The van der Waals surface area contributed by atoms with Crippen LogP contribution in [0.2, 0.25) is 0 Å². The lowest BCUT2D eigenvalue weighted by atomic mass is 10.1. The second kappa shape index (κ2) is 3.91. The minimum atomic E-state index is 0.638. The number of aromatic nitrogens is 2. The Morgan fingerprint density at radius 3 is 3.12 bits per heavy atom. The van der Waals surface area contributed by atoms with Gasteiger partial charge >= 0.3 is 0 Å². The average Bonchev–Trinajstić information content (AvgIpc) is 2.89. The molecule has 3 rings (SSSR count). The number of aryl methyl sites for hydroxylation is 1. The van der Waals surface area contributed by atoms with E-state index in [1.807, 2.05) is 17.8 Å². The fourth-order valence-corrected chi connectivity index (χ4v) is 2.61. The molecule has 1 fully saturated rings. The quantitative estimate of drug-likeness (QED) is 0.828. The normalized spacial score (nSPS) is 20.7. The summed E-state index contributed by atoms with van der Waals surface area (Å²) in [5.74, 6) is 0. The molecule has 0 spiro atoms. The van der Waals surface area contributed by atoms with Crippen LogP contribution in [0.25, 0.3) is 10.9 Å². The predicted molar refractivity (Wildman–Crippen MR) is 65.4 cm³/mol. The summed E-state index contributed by atoms with van der Waals surface area (Å²) in [7, 11) is 2.05. The number of rotatable bonds is 2. The van der Waals surface area contributed by atoms with Gasteiger partial charge in [0.25, 0.3) is 0 Å². The van der Waals surface area contributed by atoms with E-state index in [9.17, 15) is 0 Å². The van der Waals surface area contributed by atoms with Crippen LogP contribution in [0, 0.1) is 0 Å². The molecule has 2 heterocycles. The highest BCUT2D eigenvalue weighted by molar-refractivity contribution is 5.81. The second-order valence-corrected chi connectivity index (χ2v) is 4.58. The molecule has 0 saturated carbocycles. The van der Waals surface area contributed by atoms with Crippen molar-refractivity contribution in [1.82, 2.24) is 15.1 Å². The molecule has 2 aromatic rings. The van der Waals surface area contributed by atoms with Gasteiger partial charge in [0.15, 0.2) is 0 Å². The predicted octanol–water partition coefficient (Wildman–Crippen LogP) is 1.87. The molecule has 84 valence electrons. The first-order valence-electron chi connectivity index (χ1n) is 5.98. The maximum atomic E-state index is 4.54. The molecule has 1 aromatic heterocycles. The molecule has 16 heavy (non-hydrogen) atoms. The van der Waals surface area contributed by atoms with Gasteiger partial charge in [0.1, 0.15) is 0 Å². The molecule has 0 aliphatic carbocycles. The lowest BCUT2D eigenvalue weighted by Crippen LogP contribution is -2.24. The third kappa shape index (κ3) is 1.61. The summed E-state index contributed by atoms with van der Waals surface area (Å²) in [6.07, 6.45) is 3.69. The molecule has 1 saturated heterocycles. The molecule has 3 heteroatoms. The first-order chi connectivity index (χ1) is 7.84. The van der Waals surface area contributed by atoms with Gasteiger partial charge in [0.2, 0.25) is 0 Å². The molecule has 1 aromatic carbocycles. The van der Waals surface area contributed by atoms with Crippen molar-refractivity contribution in [2.24, 2.45) is 7.05 Å². The Morgan fingerprint density at radius 2 is 2.31 bits per heavy atom. The van der Waals surface area contributed by atoms with Crippen molar-refractivity contribution in [3.8, 4) is 0 Å². The molecule has 0 amide bonds. The van der Waals surface area contributed by atoms with E-state index in [0.717, 1.165) is 11.9 Å². The molecule has 1 aliphatic heterocycles. The van der Waals surface area contributed by atoms with Crippen molar-refractivity contribution in [1.29, 1.82) is 0 Å². The van der Waals surface area contributed by atoms with E-state index in [0.29, 0.717) is 6.04 Å². The summed E-state index contributed by atoms with van der Waals surface area (Å²) >= 11 is 0. The zero-order valence-corrected chi connectivity index (χ0v) is 9.61. The van der Waals surface area contributed by atoms with Crippen LogP contribution in [0.15, 0.2) is 24.3 Å². The van der Waals surface area contributed by atoms with Gasteiger partial charge in [-0.1, -0.05) is 18.2 Å². The first-order valence-corrected chi connectivity index (χ1v) is 5.98. The van der Waals surface area contributed by atoms with Gasteiger partial charge in [0.05, 0.1) is 5.52 Å². The fourth-order valence-electron chi connectivity index (χ4n) is 2.61. The van der Waals surface area contributed by atoms with Gasteiger partial charge in [-0.2, -0.15) is 5.10 Å². The highest BCUT2D eigenvalue weighted by Gasteiger charge is 2.18. The van der Waals surface area contributed by atoms with Crippen LogP contribution >= 0.6 is 0 Å². The van der Waals surface area contributed by atoms with Crippen molar-refractivity contribution < 1.29 is 0 Å². The lowest BCUT2D eigenvalue weighted by Gasteiger charge is -2.10. The van der Waals surface area contributed by atoms with Gasteiger partial charge in [-0.05, 0) is 25.5 Å². The fraction of sp³-hybridized carbons (Fsp3) is 0.462. The minimum Gasteiger partial charge on any atom is -0.314 e. The summed E-state index contributed by atoms with van der Waals surface area (Å²) in [4.78, 5) is 0. The number of benzene rings is 1. The Morgan fingerprint density at radius 1 is 1.44 bits per heavy atom. The van der Waals surface area contributed by atoms with Crippen LogP contribution in [0.4, 0.5) is 0 Å². The molecular weight excluding hydrogens is 198 g/mol. The Kier molecular flexibility index (Phi) is 2.40. The molecule has 1 N–H and O–H groups in total. The van der Waals surface area contributed by atoms with E-state index in [-0.39, 0.29) is 0 Å². The standard InChI is InChI=1S/C13H17N3/c1-16-13(9-10-5-4-8-14-10)11-6-2-3-7-12(11)15-16/h2-3,6-7,10,14H,4-5,8-9H2,1H3. The number of nitrogens with one attached hydrogen (secondary N) is 1. The SMILES string of the molecule is Cn1nc2ccccc2c1CC1CCCN1. The zero-order chi connectivity index (χ0) is 11.0. The minimum absolute atomic E-state index is 0.638. The first kappa shape index (κ1) is 9.85. The van der Waals surface area contributed by atoms with Crippen molar-refractivity contribution >= 4 is 10.9 Å². The topological polar surface area (TPSA) is 29.9 Å². The smallest absolute Gasteiger partial charge is 0.0926 e. The largest absolute Gasteiger partial charge is 0.314 e. The van der Waals surface area contributed by atoms with E-state index < -0.39 is 0 Å². The molecular formula is C13H17N3. The number of hydrogen-bond donors (Lipinski definition) is 1. The molecule has 1 atom stereocenters. The number of nitrogens with zero attached hydrogens (tertiary/aromatic N) is 2. The van der Waals surface area contributed by atoms with E-state index in [1.165, 1.54) is 30.5 Å². The molecule has 1 unspecified atom stereocenters. The number of hydrogen-bond acceptors (Lipinski definition) is 2. The highest BCUT2D eigenvalue weighted by Crippen LogP contribution is 2.20. The summed E-state index contributed by atoms with van der Waals surface area (Å²) < 4.78 is 2.03. The maximum Gasteiger partial charge on any atom is 0.0926 e. The highest BCUT2D eigenvalue weighted by atomic mass is 15.3. The van der Waals surface area contributed by atoms with Crippen LogP contribution in [0.1, 0.15) is 18.5 Å². The zero-order valence-electron chi connectivity index (χ0n) is 9.61. The molecule has 3 nitrogen and oxygen atoms in total. The summed E-state index contributed by atoms with van der Waals surface area (Å²) in [5, 5.41) is 9.39. The number of fused-ring (bicyclic) bond motifs is 1. The molecule has 1 aliphatic rings. The Labute approximate surface area is 95.5 Å². The Bertz CT molecular complexity index is 495. The van der Waals surface area contributed by atoms with E-state index >= 15 is 0 Å². The van der Waals surface area contributed by atoms with Crippen LogP contribution in [-0.4, -0.2) is 22.4 Å². The van der Waals surface area contributed by atoms with Crippen LogP contribution in [-0.2, 0) is 13.5 Å². The van der Waals surface area contributed by atoms with Crippen LogP contribution in [0.3, 0.4) is 0 Å². The summed E-state index contributed by atoms with van der Waals surface area (Å²) in [5.41, 5.74) is 2.47.